The Hall–Kier alpha value is -1.63. The highest BCUT2D eigenvalue weighted by Gasteiger charge is 2.30. The normalized spacial score (nSPS) is 22.4. The van der Waals surface area contributed by atoms with Crippen molar-refractivity contribution in [3.63, 3.8) is 0 Å². The van der Waals surface area contributed by atoms with Crippen molar-refractivity contribution in [3.8, 4) is 0 Å². The molecule has 17 heavy (non-hydrogen) atoms. The van der Waals surface area contributed by atoms with Crippen LogP contribution >= 0.6 is 0 Å². The largest absolute Gasteiger partial charge is 0.481 e. The molecule has 1 rings (SSSR count). The van der Waals surface area contributed by atoms with Crippen LogP contribution in [0.3, 0.4) is 0 Å². The lowest BCUT2D eigenvalue weighted by atomic mass is 9.89. The van der Waals surface area contributed by atoms with Crippen LogP contribution in [0.2, 0.25) is 0 Å². The number of methoxy groups -OCH3 is 1. The van der Waals surface area contributed by atoms with Gasteiger partial charge >= 0.3 is 12.0 Å². The molecule has 3 N–H and O–H groups in total. The topological polar surface area (TPSA) is 105 Å². The molecule has 96 valence electrons. The molecule has 0 aromatic heterocycles. The van der Waals surface area contributed by atoms with Crippen molar-refractivity contribution in [1.82, 2.24) is 10.6 Å². The van der Waals surface area contributed by atoms with Crippen molar-refractivity contribution in [2.75, 3.05) is 7.11 Å². The zero-order valence-corrected chi connectivity index (χ0v) is 9.56. The smallest absolute Gasteiger partial charge is 0.321 e. The first kappa shape index (κ1) is 13.4. The Balaban J connectivity index is 2.13. The van der Waals surface area contributed by atoms with Crippen molar-refractivity contribution in [3.05, 3.63) is 0 Å². The molecule has 0 radical (unpaired) electrons. The number of hydrogen-bond acceptors (Lipinski definition) is 4. The zero-order chi connectivity index (χ0) is 12.8. The lowest BCUT2D eigenvalue weighted by Gasteiger charge is -2.34. The molecule has 1 aliphatic rings. The molecule has 7 heteroatoms. The van der Waals surface area contributed by atoms with E-state index in [1.54, 1.807) is 7.11 Å². The summed E-state index contributed by atoms with van der Waals surface area (Å²) in [6, 6.07) is -0.563. The Kier molecular flexibility index (Phi) is 4.89. The summed E-state index contributed by atoms with van der Waals surface area (Å²) in [5, 5.41) is 13.0. The number of hydrogen-bond donors (Lipinski definition) is 3. The van der Waals surface area contributed by atoms with Gasteiger partial charge in [-0.25, -0.2) is 4.79 Å². The fourth-order valence-electron chi connectivity index (χ4n) is 1.51. The SMILES string of the molecule is COC1CC(NC(=O)NC(=O)CCC(=O)O)C1. The summed E-state index contributed by atoms with van der Waals surface area (Å²) in [5.41, 5.74) is 0. The summed E-state index contributed by atoms with van der Waals surface area (Å²) >= 11 is 0. The van der Waals surface area contributed by atoms with E-state index in [9.17, 15) is 14.4 Å². The molecule has 0 aliphatic heterocycles. The number of aliphatic carboxylic acids is 1. The maximum absolute atomic E-state index is 11.3. The average molecular weight is 244 g/mol. The first-order valence-corrected chi connectivity index (χ1v) is 5.36. The number of imide groups is 1. The van der Waals surface area contributed by atoms with E-state index >= 15 is 0 Å². The quantitative estimate of drug-likeness (QED) is 0.624. The van der Waals surface area contributed by atoms with Crippen molar-refractivity contribution in [2.45, 2.75) is 37.8 Å². The third-order valence-corrected chi connectivity index (χ3v) is 2.58. The molecule has 1 fully saturated rings. The molecule has 0 unspecified atom stereocenters. The van der Waals surface area contributed by atoms with Gasteiger partial charge in [-0.05, 0) is 12.8 Å². The van der Waals surface area contributed by atoms with Crippen LogP contribution in [0.1, 0.15) is 25.7 Å². The maximum atomic E-state index is 11.3. The van der Waals surface area contributed by atoms with Gasteiger partial charge in [-0.15, -0.1) is 0 Å². The van der Waals surface area contributed by atoms with E-state index in [1.165, 1.54) is 0 Å². The van der Waals surface area contributed by atoms with Crippen LogP contribution in [0.4, 0.5) is 4.79 Å². The van der Waals surface area contributed by atoms with Gasteiger partial charge in [-0.1, -0.05) is 0 Å². The predicted molar refractivity (Wildman–Crippen MR) is 57.4 cm³/mol. The monoisotopic (exact) mass is 244 g/mol. The minimum Gasteiger partial charge on any atom is -0.481 e. The third kappa shape index (κ3) is 4.81. The molecule has 0 aromatic carbocycles. The number of carboxylic acids is 1. The van der Waals surface area contributed by atoms with Gasteiger partial charge in [0, 0.05) is 19.6 Å². The Morgan fingerprint density at radius 2 is 1.94 bits per heavy atom. The van der Waals surface area contributed by atoms with Gasteiger partial charge in [0.2, 0.25) is 5.91 Å². The zero-order valence-electron chi connectivity index (χ0n) is 9.56. The summed E-state index contributed by atoms with van der Waals surface area (Å²) in [7, 11) is 1.61. The third-order valence-electron chi connectivity index (χ3n) is 2.58. The van der Waals surface area contributed by atoms with Crippen molar-refractivity contribution < 1.29 is 24.2 Å². The second kappa shape index (κ2) is 6.19. The van der Waals surface area contributed by atoms with E-state index in [0.29, 0.717) is 0 Å². The lowest BCUT2D eigenvalue weighted by molar-refractivity contribution is -0.138. The Bertz CT molecular complexity index is 312. The Morgan fingerprint density at radius 3 is 2.47 bits per heavy atom. The van der Waals surface area contributed by atoms with E-state index in [4.69, 9.17) is 9.84 Å². The van der Waals surface area contributed by atoms with E-state index in [1.807, 2.05) is 0 Å². The van der Waals surface area contributed by atoms with Crippen LogP contribution in [-0.4, -0.2) is 42.3 Å². The number of carbonyl (C=O) groups excluding carboxylic acids is 2. The number of urea groups is 1. The second-order valence-corrected chi connectivity index (χ2v) is 3.94. The summed E-state index contributed by atoms with van der Waals surface area (Å²) < 4.78 is 5.04. The molecule has 1 aliphatic carbocycles. The number of ether oxygens (including phenoxy) is 1. The first-order valence-electron chi connectivity index (χ1n) is 5.36. The molecule has 1 saturated carbocycles. The predicted octanol–water partition coefficient (Wildman–Crippen LogP) is -0.146. The van der Waals surface area contributed by atoms with E-state index in [2.05, 4.69) is 10.6 Å². The summed E-state index contributed by atoms with van der Waals surface area (Å²) in [6.07, 6.45) is 1.14. The highest BCUT2D eigenvalue weighted by Crippen LogP contribution is 2.22. The van der Waals surface area contributed by atoms with Gasteiger partial charge in [-0.3, -0.25) is 14.9 Å². The summed E-state index contributed by atoms with van der Waals surface area (Å²) in [4.78, 5) is 32.6. The minimum atomic E-state index is -1.07. The fraction of sp³-hybridized carbons (Fsp3) is 0.700. The van der Waals surface area contributed by atoms with Gasteiger partial charge < -0.3 is 15.2 Å². The highest BCUT2D eigenvalue weighted by atomic mass is 16.5. The molecule has 0 heterocycles. The molecular formula is C10H16N2O5. The van der Waals surface area contributed by atoms with Gasteiger partial charge in [0.25, 0.3) is 0 Å². The Labute approximate surface area is 98.5 Å². The van der Waals surface area contributed by atoms with Crippen molar-refractivity contribution >= 4 is 17.9 Å². The average Bonchev–Trinajstić information content (AvgIpc) is 2.19. The van der Waals surface area contributed by atoms with E-state index < -0.39 is 17.9 Å². The number of nitrogens with one attached hydrogen (secondary N) is 2. The van der Waals surface area contributed by atoms with E-state index in [-0.39, 0.29) is 25.0 Å². The van der Waals surface area contributed by atoms with Crippen LogP contribution in [0.5, 0.6) is 0 Å². The van der Waals surface area contributed by atoms with Crippen LogP contribution in [-0.2, 0) is 14.3 Å². The van der Waals surface area contributed by atoms with E-state index in [0.717, 1.165) is 12.8 Å². The number of amides is 3. The van der Waals surface area contributed by atoms with Gasteiger partial charge in [0.15, 0.2) is 0 Å². The van der Waals surface area contributed by atoms with Crippen LogP contribution in [0.25, 0.3) is 0 Å². The fourth-order valence-corrected chi connectivity index (χ4v) is 1.51. The lowest BCUT2D eigenvalue weighted by Crippen LogP contribution is -2.51. The maximum Gasteiger partial charge on any atom is 0.321 e. The van der Waals surface area contributed by atoms with Crippen LogP contribution < -0.4 is 10.6 Å². The van der Waals surface area contributed by atoms with Gasteiger partial charge in [0.1, 0.15) is 0 Å². The standard InChI is InChI=1S/C10H16N2O5/c1-17-7-4-6(5-7)11-10(16)12-8(13)2-3-9(14)15/h6-7H,2-5H2,1H3,(H,14,15)(H2,11,12,13,16). The molecule has 0 aromatic rings. The molecular weight excluding hydrogens is 228 g/mol. The molecule has 0 spiro atoms. The first-order chi connectivity index (χ1) is 8.01. The number of carboxylic acid groups (broad SMARTS) is 1. The van der Waals surface area contributed by atoms with Crippen molar-refractivity contribution in [2.24, 2.45) is 0 Å². The number of carbonyl (C=O) groups is 3. The molecule has 0 atom stereocenters. The molecule has 7 nitrogen and oxygen atoms in total. The van der Waals surface area contributed by atoms with Gasteiger partial charge in [0.05, 0.1) is 12.5 Å². The molecule has 0 saturated heterocycles. The van der Waals surface area contributed by atoms with Crippen LogP contribution in [0, 0.1) is 0 Å². The minimum absolute atomic E-state index is 0.0206. The molecule has 3 amide bonds. The highest BCUT2D eigenvalue weighted by molar-refractivity contribution is 5.95. The summed E-state index contributed by atoms with van der Waals surface area (Å²) in [5.74, 6) is -1.66. The summed E-state index contributed by atoms with van der Waals surface area (Å²) in [6.45, 7) is 0. The van der Waals surface area contributed by atoms with Gasteiger partial charge in [-0.2, -0.15) is 0 Å². The Morgan fingerprint density at radius 1 is 1.29 bits per heavy atom. The van der Waals surface area contributed by atoms with Crippen molar-refractivity contribution in [1.29, 1.82) is 0 Å². The van der Waals surface area contributed by atoms with Crippen LogP contribution in [0.15, 0.2) is 0 Å². The number of rotatable bonds is 5. The molecule has 0 bridgehead atoms. The second-order valence-electron chi connectivity index (χ2n) is 3.94.